The minimum absolute atomic E-state index is 0.0368. The van der Waals surface area contributed by atoms with Crippen molar-refractivity contribution in [1.82, 2.24) is 5.32 Å². The number of para-hydroxylation sites is 1. The van der Waals surface area contributed by atoms with Crippen molar-refractivity contribution in [2.24, 2.45) is 0 Å². The Bertz CT molecular complexity index is 596. The van der Waals surface area contributed by atoms with Crippen molar-refractivity contribution >= 4 is 5.91 Å². The lowest BCUT2D eigenvalue weighted by molar-refractivity contribution is -0.121. The van der Waals surface area contributed by atoms with Crippen molar-refractivity contribution in [2.45, 2.75) is 19.4 Å². The van der Waals surface area contributed by atoms with Gasteiger partial charge in [-0.1, -0.05) is 30.3 Å². The van der Waals surface area contributed by atoms with E-state index >= 15 is 0 Å². The number of carbonyl (C=O) groups is 1. The third kappa shape index (κ3) is 4.60. The first-order chi connectivity index (χ1) is 10.2. The lowest BCUT2D eigenvalue weighted by Crippen LogP contribution is -2.23. The van der Waals surface area contributed by atoms with Crippen LogP contribution in [-0.4, -0.2) is 13.0 Å². The Hall–Kier alpha value is -2.36. The zero-order chi connectivity index (χ0) is 15.1. The maximum Gasteiger partial charge on any atom is 0.220 e. The summed E-state index contributed by atoms with van der Waals surface area (Å²) in [6.07, 6.45) is 1.01. The summed E-state index contributed by atoms with van der Waals surface area (Å²) in [7, 11) is 1.62. The molecule has 0 fully saturated rings. The third-order valence-corrected chi connectivity index (χ3v) is 3.22. The van der Waals surface area contributed by atoms with Crippen molar-refractivity contribution in [3.8, 4) is 5.75 Å². The van der Waals surface area contributed by atoms with Gasteiger partial charge < -0.3 is 10.1 Å². The second-order valence-electron chi connectivity index (χ2n) is 4.72. The number of carbonyl (C=O) groups excluding carboxylic acids is 1. The maximum absolute atomic E-state index is 12.8. The molecule has 2 aromatic rings. The van der Waals surface area contributed by atoms with Gasteiger partial charge in [0.05, 0.1) is 7.11 Å². The molecule has 0 saturated carbocycles. The Morgan fingerprint density at radius 2 is 1.86 bits per heavy atom. The number of nitrogens with one attached hydrogen (secondary N) is 1. The molecule has 0 radical (unpaired) electrons. The molecule has 0 aromatic heterocycles. The number of halogens is 1. The van der Waals surface area contributed by atoms with E-state index in [2.05, 4.69) is 5.32 Å². The van der Waals surface area contributed by atoms with Crippen LogP contribution in [0.4, 0.5) is 4.39 Å². The fourth-order valence-corrected chi connectivity index (χ4v) is 2.05. The molecule has 0 saturated heterocycles. The summed E-state index contributed by atoms with van der Waals surface area (Å²) in [5.74, 6) is 0.482. The molecular weight excluding hydrogens is 269 g/mol. The molecule has 0 atom stereocenters. The number of ether oxygens (including phenoxy) is 1. The predicted octanol–water partition coefficient (Wildman–Crippen LogP) is 3.08. The summed E-state index contributed by atoms with van der Waals surface area (Å²) in [4.78, 5) is 11.8. The van der Waals surface area contributed by atoms with Crippen molar-refractivity contribution in [3.05, 3.63) is 65.5 Å². The number of methoxy groups -OCH3 is 1. The summed E-state index contributed by atoms with van der Waals surface area (Å²) in [5, 5.41) is 2.82. The van der Waals surface area contributed by atoms with Crippen LogP contribution >= 0.6 is 0 Å². The van der Waals surface area contributed by atoms with Crippen LogP contribution in [0.2, 0.25) is 0 Å². The van der Waals surface area contributed by atoms with Crippen LogP contribution in [0.25, 0.3) is 0 Å². The SMILES string of the molecule is COc1ccccc1CCC(=O)NCc1ccc(F)cc1. The molecule has 2 aromatic carbocycles. The van der Waals surface area contributed by atoms with E-state index in [0.717, 1.165) is 16.9 Å². The van der Waals surface area contributed by atoms with Gasteiger partial charge in [0.2, 0.25) is 5.91 Å². The van der Waals surface area contributed by atoms with Gasteiger partial charge in [-0.15, -0.1) is 0 Å². The van der Waals surface area contributed by atoms with Crippen LogP contribution in [0.3, 0.4) is 0 Å². The minimum atomic E-state index is -0.277. The van der Waals surface area contributed by atoms with Crippen LogP contribution in [0, 0.1) is 5.82 Å². The summed E-state index contributed by atoms with van der Waals surface area (Å²) >= 11 is 0. The van der Waals surface area contributed by atoms with Gasteiger partial charge >= 0.3 is 0 Å². The smallest absolute Gasteiger partial charge is 0.220 e. The van der Waals surface area contributed by atoms with Crippen molar-refractivity contribution in [2.75, 3.05) is 7.11 Å². The van der Waals surface area contributed by atoms with Gasteiger partial charge in [-0.25, -0.2) is 4.39 Å². The average Bonchev–Trinajstić information content (AvgIpc) is 2.52. The predicted molar refractivity (Wildman–Crippen MR) is 79.6 cm³/mol. The van der Waals surface area contributed by atoms with Crippen LogP contribution in [0.1, 0.15) is 17.5 Å². The molecule has 4 heteroatoms. The van der Waals surface area contributed by atoms with E-state index in [0.29, 0.717) is 19.4 Å². The van der Waals surface area contributed by atoms with E-state index in [4.69, 9.17) is 4.74 Å². The Morgan fingerprint density at radius 3 is 2.57 bits per heavy atom. The topological polar surface area (TPSA) is 38.3 Å². The van der Waals surface area contributed by atoms with Crippen molar-refractivity contribution < 1.29 is 13.9 Å². The molecule has 21 heavy (non-hydrogen) atoms. The Morgan fingerprint density at radius 1 is 1.14 bits per heavy atom. The molecule has 0 aliphatic rings. The Labute approximate surface area is 123 Å². The van der Waals surface area contributed by atoms with E-state index in [-0.39, 0.29) is 11.7 Å². The molecule has 3 nitrogen and oxygen atoms in total. The van der Waals surface area contributed by atoms with Gasteiger partial charge in [-0.2, -0.15) is 0 Å². The lowest BCUT2D eigenvalue weighted by Gasteiger charge is -2.08. The van der Waals surface area contributed by atoms with Crippen LogP contribution in [-0.2, 0) is 17.8 Å². The fraction of sp³-hybridized carbons (Fsp3) is 0.235. The maximum atomic E-state index is 12.8. The van der Waals surface area contributed by atoms with E-state index in [1.807, 2.05) is 24.3 Å². The van der Waals surface area contributed by atoms with Crippen LogP contribution < -0.4 is 10.1 Å². The highest BCUT2D eigenvalue weighted by Crippen LogP contribution is 2.18. The molecule has 1 N–H and O–H groups in total. The minimum Gasteiger partial charge on any atom is -0.496 e. The summed E-state index contributed by atoms with van der Waals surface area (Å²) < 4.78 is 18.0. The van der Waals surface area contributed by atoms with Crippen LogP contribution in [0.15, 0.2) is 48.5 Å². The highest BCUT2D eigenvalue weighted by Gasteiger charge is 2.06. The van der Waals surface area contributed by atoms with Gasteiger partial charge in [0, 0.05) is 13.0 Å². The van der Waals surface area contributed by atoms with E-state index < -0.39 is 0 Å². The lowest BCUT2D eigenvalue weighted by atomic mass is 10.1. The molecule has 0 aliphatic carbocycles. The highest BCUT2D eigenvalue weighted by molar-refractivity contribution is 5.76. The molecule has 1 amide bonds. The van der Waals surface area contributed by atoms with E-state index in [9.17, 15) is 9.18 Å². The zero-order valence-electron chi connectivity index (χ0n) is 11.9. The summed E-state index contributed by atoms with van der Waals surface area (Å²) in [6, 6.07) is 13.8. The quantitative estimate of drug-likeness (QED) is 0.886. The number of amides is 1. The first-order valence-corrected chi connectivity index (χ1v) is 6.82. The van der Waals surface area contributed by atoms with Crippen molar-refractivity contribution in [1.29, 1.82) is 0 Å². The molecule has 110 valence electrons. The molecular formula is C17H18FNO2. The Kier molecular flexibility index (Phi) is 5.32. The first-order valence-electron chi connectivity index (χ1n) is 6.82. The number of hydrogen-bond donors (Lipinski definition) is 1. The van der Waals surface area contributed by atoms with E-state index in [1.165, 1.54) is 12.1 Å². The Balaban J connectivity index is 1.81. The second kappa shape index (κ2) is 7.43. The van der Waals surface area contributed by atoms with Crippen LogP contribution in [0.5, 0.6) is 5.75 Å². The van der Waals surface area contributed by atoms with Gasteiger partial charge in [0.25, 0.3) is 0 Å². The zero-order valence-corrected chi connectivity index (χ0v) is 11.9. The number of hydrogen-bond acceptors (Lipinski definition) is 2. The molecule has 0 spiro atoms. The van der Waals surface area contributed by atoms with Gasteiger partial charge in [0.1, 0.15) is 11.6 Å². The fourth-order valence-electron chi connectivity index (χ4n) is 2.05. The normalized spacial score (nSPS) is 10.2. The molecule has 0 bridgehead atoms. The number of aryl methyl sites for hydroxylation is 1. The summed E-state index contributed by atoms with van der Waals surface area (Å²) in [5.41, 5.74) is 1.89. The van der Waals surface area contributed by atoms with Crippen molar-refractivity contribution in [3.63, 3.8) is 0 Å². The molecule has 0 heterocycles. The number of rotatable bonds is 6. The third-order valence-electron chi connectivity index (χ3n) is 3.22. The van der Waals surface area contributed by atoms with E-state index in [1.54, 1.807) is 19.2 Å². The van der Waals surface area contributed by atoms with Gasteiger partial charge in [-0.05, 0) is 35.7 Å². The highest BCUT2D eigenvalue weighted by atomic mass is 19.1. The van der Waals surface area contributed by atoms with Gasteiger partial charge in [-0.3, -0.25) is 4.79 Å². The number of benzene rings is 2. The first kappa shape index (κ1) is 15.0. The standard InChI is InChI=1S/C17H18FNO2/c1-21-16-5-3-2-4-14(16)8-11-17(20)19-12-13-6-9-15(18)10-7-13/h2-7,9-10H,8,11-12H2,1H3,(H,19,20). The summed E-state index contributed by atoms with van der Waals surface area (Å²) in [6.45, 7) is 0.408. The molecule has 0 unspecified atom stereocenters. The largest absolute Gasteiger partial charge is 0.496 e. The molecule has 0 aliphatic heterocycles. The average molecular weight is 287 g/mol. The molecule has 2 rings (SSSR count). The monoisotopic (exact) mass is 287 g/mol. The second-order valence-corrected chi connectivity index (χ2v) is 4.72. The van der Waals surface area contributed by atoms with Gasteiger partial charge in [0.15, 0.2) is 0 Å².